The minimum atomic E-state index is -0.480. The highest BCUT2D eigenvalue weighted by molar-refractivity contribution is 6.31. The van der Waals surface area contributed by atoms with E-state index in [1.807, 2.05) is 4.90 Å². The molecule has 1 saturated heterocycles. The predicted octanol–water partition coefficient (Wildman–Crippen LogP) is 4.03. The number of amides is 1. The van der Waals surface area contributed by atoms with Crippen LogP contribution in [-0.2, 0) is 0 Å². The van der Waals surface area contributed by atoms with Gasteiger partial charge in [0.25, 0.3) is 5.91 Å². The van der Waals surface area contributed by atoms with E-state index in [1.165, 1.54) is 37.4 Å². The average Bonchev–Trinajstić information content (AvgIpc) is 2.88. The van der Waals surface area contributed by atoms with Crippen molar-refractivity contribution in [2.45, 2.75) is 25.7 Å². The second-order valence-corrected chi connectivity index (χ2v) is 6.15. The Labute approximate surface area is 144 Å². The summed E-state index contributed by atoms with van der Waals surface area (Å²) in [5, 5.41) is 3.01. The van der Waals surface area contributed by atoms with Crippen molar-refractivity contribution in [3.8, 4) is 0 Å². The van der Waals surface area contributed by atoms with Crippen molar-refractivity contribution in [3.05, 3.63) is 47.1 Å². The molecule has 126 valence electrons. The van der Waals surface area contributed by atoms with Gasteiger partial charge in [0, 0.05) is 18.8 Å². The number of hydrogen-bond donors (Lipinski definition) is 1. The number of carbonyl (C=O) groups excluding carboxylic acids is 1. The molecule has 3 rings (SSSR count). The zero-order valence-corrected chi connectivity index (χ0v) is 13.9. The highest BCUT2D eigenvalue weighted by Crippen LogP contribution is 2.21. The lowest BCUT2D eigenvalue weighted by atomic mass is 10.2. The van der Waals surface area contributed by atoms with Gasteiger partial charge in [-0.2, -0.15) is 0 Å². The van der Waals surface area contributed by atoms with Gasteiger partial charge in [0.2, 0.25) is 0 Å². The number of nitrogens with one attached hydrogen (secondary N) is 1. The summed E-state index contributed by atoms with van der Waals surface area (Å²) < 4.78 is 13.2. The van der Waals surface area contributed by atoms with Crippen LogP contribution in [0.4, 0.5) is 15.9 Å². The fourth-order valence-corrected chi connectivity index (χ4v) is 2.84. The summed E-state index contributed by atoms with van der Waals surface area (Å²) in [7, 11) is 0. The van der Waals surface area contributed by atoms with Crippen LogP contribution in [0.5, 0.6) is 0 Å². The first kappa shape index (κ1) is 16.6. The number of halogens is 2. The van der Waals surface area contributed by atoms with Crippen LogP contribution >= 0.6 is 11.6 Å². The second kappa shape index (κ2) is 7.57. The van der Waals surface area contributed by atoms with Crippen LogP contribution in [0.3, 0.4) is 0 Å². The summed E-state index contributed by atoms with van der Waals surface area (Å²) in [5.41, 5.74) is 0.932. The monoisotopic (exact) mass is 348 g/mol. The second-order valence-electron chi connectivity index (χ2n) is 5.75. The zero-order valence-electron chi connectivity index (χ0n) is 13.1. The molecule has 1 amide bonds. The molecule has 1 fully saturated rings. The van der Waals surface area contributed by atoms with Crippen molar-refractivity contribution in [3.63, 3.8) is 0 Å². The Morgan fingerprint density at radius 1 is 1.12 bits per heavy atom. The van der Waals surface area contributed by atoms with Gasteiger partial charge in [-0.25, -0.2) is 14.4 Å². The van der Waals surface area contributed by atoms with Gasteiger partial charge in [0.1, 0.15) is 17.3 Å². The Hall–Kier alpha value is -2.21. The molecule has 0 radical (unpaired) electrons. The molecule has 1 aromatic carbocycles. The lowest BCUT2D eigenvalue weighted by molar-refractivity contribution is 0.0755. The summed E-state index contributed by atoms with van der Waals surface area (Å²) in [6, 6.07) is 4.30. The Morgan fingerprint density at radius 3 is 2.50 bits per heavy atom. The first-order valence-electron chi connectivity index (χ1n) is 7.97. The highest BCUT2D eigenvalue weighted by atomic mass is 35.5. The van der Waals surface area contributed by atoms with Crippen molar-refractivity contribution >= 4 is 29.0 Å². The van der Waals surface area contributed by atoms with Gasteiger partial charge >= 0.3 is 0 Å². The molecular formula is C17H18ClFN4O. The molecule has 0 bridgehead atoms. The third-order valence-corrected chi connectivity index (χ3v) is 4.25. The van der Waals surface area contributed by atoms with E-state index in [4.69, 9.17) is 11.6 Å². The van der Waals surface area contributed by atoms with Gasteiger partial charge in [-0.1, -0.05) is 24.4 Å². The lowest BCUT2D eigenvalue weighted by Gasteiger charge is -2.19. The van der Waals surface area contributed by atoms with E-state index in [0.717, 1.165) is 25.9 Å². The van der Waals surface area contributed by atoms with Crippen LogP contribution in [0.2, 0.25) is 5.02 Å². The van der Waals surface area contributed by atoms with Crippen LogP contribution in [0, 0.1) is 5.82 Å². The van der Waals surface area contributed by atoms with Gasteiger partial charge in [-0.3, -0.25) is 4.79 Å². The summed E-state index contributed by atoms with van der Waals surface area (Å²) in [5.74, 6) is -0.0995. The number of nitrogens with zero attached hydrogens (tertiary/aromatic N) is 3. The van der Waals surface area contributed by atoms with Crippen molar-refractivity contribution in [1.29, 1.82) is 0 Å². The maximum absolute atomic E-state index is 13.2. The fraction of sp³-hybridized carbons (Fsp3) is 0.353. The molecule has 0 unspecified atom stereocenters. The van der Waals surface area contributed by atoms with Crippen molar-refractivity contribution < 1.29 is 9.18 Å². The van der Waals surface area contributed by atoms with E-state index in [-0.39, 0.29) is 10.9 Å². The predicted molar refractivity (Wildman–Crippen MR) is 91.1 cm³/mol. The summed E-state index contributed by atoms with van der Waals surface area (Å²) >= 11 is 5.74. The fourth-order valence-electron chi connectivity index (χ4n) is 2.66. The lowest BCUT2D eigenvalue weighted by Crippen LogP contribution is -2.32. The van der Waals surface area contributed by atoms with Gasteiger partial charge in [-0.15, -0.1) is 0 Å². The Balaban J connectivity index is 1.68. The largest absolute Gasteiger partial charge is 0.339 e. The highest BCUT2D eigenvalue weighted by Gasteiger charge is 2.18. The number of anilines is 2. The van der Waals surface area contributed by atoms with Gasteiger partial charge in [0.05, 0.1) is 17.4 Å². The quantitative estimate of drug-likeness (QED) is 0.909. The zero-order chi connectivity index (χ0) is 16.9. The molecule has 5 nitrogen and oxygen atoms in total. The maximum Gasteiger partial charge on any atom is 0.274 e. The molecule has 1 aliphatic rings. The van der Waals surface area contributed by atoms with Gasteiger partial charge in [0.15, 0.2) is 0 Å². The average molecular weight is 349 g/mol. The number of rotatable bonds is 3. The van der Waals surface area contributed by atoms with Crippen LogP contribution in [0.15, 0.2) is 30.6 Å². The third kappa shape index (κ3) is 4.00. The SMILES string of the molecule is O=C(c1cnc(Nc2ccc(F)c(Cl)c2)cn1)N1CCCCCC1. The van der Waals surface area contributed by atoms with E-state index in [9.17, 15) is 9.18 Å². The maximum atomic E-state index is 13.2. The number of aromatic nitrogens is 2. The Kier molecular flexibility index (Phi) is 5.25. The van der Waals surface area contributed by atoms with Crippen LogP contribution in [0.1, 0.15) is 36.2 Å². The molecule has 1 aliphatic heterocycles. The molecule has 2 aromatic rings. The van der Waals surface area contributed by atoms with E-state index in [1.54, 1.807) is 6.07 Å². The van der Waals surface area contributed by atoms with Gasteiger partial charge < -0.3 is 10.2 Å². The minimum Gasteiger partial charge on any atom is -0.339 e. The van der Waals surface area contributed by atoms with Crippen molar-refractivity contribution in [2.24, 2.45) is 0 Å². The summed E-state index contributed by atoms with van der Waals surface area (Å²) in [4.78, 5) is 22.7. The number of hydrogen-bond acceptors (Lipinski definition) is 4. The number of benzene rings is 1. The first-order valence-corrected chi connectivity index (χ1v) is 8.35. The minimum absolute atomic E-state index is 0.0286. The molecule has 2 heterocycles. The van der Waals surface area contributed by atoms with Crippen molar-refractivity contribution in [1.82, 2.24) is 14.9 Å². The molecule has 0 aliphatic carbocycles. The molecule has 0 saturated carbocycles. The smallest absolute Gasteiger partial charge is 0.274 e. The third-order valence-electron chi connectivity index (χ3n) is 3.96. The first-order chi connectivity index (χ1) is 11.6. The molecule has 0 atom stereocenters. The van der Waals surface area contributed by atoms with E-state index >= 15 is 0 Å². The number of carbonyl (C=O) groups is 1. The summed E-state index contributed by atoms with van der Waals surface area (Å²) in [6.45, 7) is 1.54. The molecule has 1 N–H and O–H groups in total. The van der Waals surface area contributed by atoms with E-state index in [2.05, 4.69) is 15.3 Å². The molecule has 24 heavy (non-hydrogen) atoms. The Morgan fingerprint density at radius 2 is 1.88 bits per heavy atom. The molecule has 7 heteroatoms. The normalized spacial score (nSPS) is 15.0. The van der Waals surface area contributed by atoms with Crippen LogP contribution in [-0.4, -0.2) is 33.9 Å². The van der Waals surface area contributed by atoms with E-state index in [0.29, 0.717) is 17.2 Å². The summed E-state index contributed by atoms with van der Waals surface area (Å²) in [6.07, 6.45) is 7.34. The van der Waals surface area contributed by atoms with Crippen molar-refractivity contribution in [2.75, 3.05) is 18.4 Å². The number of likely N-dealkylation sites (tertiary alicyclic amines) is 1. The Bertz CT molecular complexity index is 715. The van der Waals surface area contributed by atoms with Crippen LogP contribution < -0.4 is 5.32 Å². The molecule has 0 spiro atoms. The standard InChI is InChI=1S/C17H18ClFN4O/c18-13-9-12(5-6-14(13)19)22-16-11-20-15(10-21-16)17(24)23-7-3-1-2-4-8-23/h5-6,9-11H,1-4,7-8H2,(H,21,22). The van der Waals surface area contributed by atoms with Crippen LogP contribution in [0.25, 0.3) is 0 Å². The van der Waals surface area contributed by atoms with Gasteiger partial charge in [-0.05, 0) is 31.0 Å². The van der Waals surface area contributed by atoms with E-state index < -0.39 is 5.82 Å². The topological polar surface area (TPSA) is 58.1 Å². The molecular weight excluding hydrogens is 331 g/mol. The molecule has 1 aromatic heterocycles.